The van der Waals surface area contributed by atoms with Crippen LogP contribution in [-0.4, -0.2) is 130 Å². The second-order valence-corrected chi connectivity index (χ2v) is 23.4. The van der Waals surface area contributed by atoms with Crippen LogP contribution in [0.3, 0.4) is 0 Å². The van der Waals surface area contributed by atoms with Crippen molar-refractivity contribution in [1.29, 1.82) is 0 Å². The summed E-state index contributed by atoms with van der Waals surface area (Å²) >= 11 is 0. The highest BCUT2D eigenvalue weighted by Gasteiger charge is 2.36. The SMILES string of the molecule is C.C.C.C.C1CCOC1.C1CCOC1.CC(C)(NC(=O)[C@@H](Cc1c[nH]c2ccccc12)NC=O)C(=O)O.CC(C)(NC(=O)[C@@H](Cc1c[nH]c2ccccc12)NC=O)C(=O)OCc1ccccc1.CC(C)(NC(=O)[C@H](N)Cc1c[nH]c2ccccc12)C(=O)OCc1ccccc1. The molecule has 2 aliphatic rings. The lowest BCUT2D eigenvalue weighted by Gasteiger charge is -2.26. The number of aliphatic carboxylic acids is 1. The number of aromatic amines is 3. The van der Waals surface area contributed by atoms with E-state index in [4.69, 9.17) is 29.8 Å². The zero-order chi connectivity index (χ0) is 65.8. The Morgan fingerprint density at radius 1 is 0.474 bits per heavy atom. The van der Waals surface area contributed by atoms with Crippen LogP contribution in [0.15, 0.2) is 152 Å². The number of fused-ring (bicyclic) bond motifs is 3. The van der Waals surface area contributed by atoms with Crippen LogP contribution in [0.25, 0.3) is 32.7 Å². The van der Waals surface area contributed by atoms with Crippen molar-refractivity contribution in [1.82, 2.24) is 41.5 Å². The van der Waals surface area contributed by atoms with Gasteiger partial charge in [-0.3, -0.25) is 24.0 Å². The Hall–Kier alpha value is -9.64. The fourth-order valence-corrected chi connectivity index (χ4v) is 9.46. The smallest absolute Gasteiger partial charge is 0.331 e. The number of carbonyl (C=O) groups excluding carboxylic acids is 7. The second-order valence-electron chi connectivity index (χ2n) is 23.4. The predicted molar refractivity (Wildman–Crippen MR) is 374 cm³/mol. The summed E-state index contributed by atoms with van der Waals surface area (Å²) in [7, 11) is 0. The van der Waals surface area contributed by atoms with Gasteiger partial charge in [0.05, 0.1) is 6.04 Å². The van der Waals surface area contributed by atoms with Gasteiger partial charge >= 0.3 is 17.9 Å². The Balaban J connectivity index is 0.000000443. The zero-order valence-corrected chi connectivity index (χ0v) is 52.4. The number of esters is 2. The first-order valence-electron chi connectivity index (χ1n) is 30.2. The van der Waals surface area contributed by atoms with E-state index >= 15 is 0 Å². The zero-order valence-electron chi connectivity index (χ0n) is 52.4. The summed E-state index contributed by atoms with van der Waals surface area (Å²) in [6, 6.07) is 39.4. The number of para-hydroxylation sites is 3. The van der Waals surface area contributed by atoms with Crippen molar-refractivity contribution in [2.24, 2.45) is 5.73 Å². The van der Waals surface area contributed by atoms with Gasteiger partial charge in [-0.1, -0.05) is 145 Å². The van der Waals surface area contributed by atoms with Crippen LogP contribution in [0, 0.1) is 0 Å². The number of H-pyrrole nitrogens is 3. The summed E-state index contributed by atoms with van der Waals surface area (Å²) in [6.07, 6.45) is 12.4. The molecule has 8 aromatic rings. The lowest BCUT2D eigenvalue weighted by molar-refractivity contribution is -0.154. The van der Waals surface area contributed by atoms with Gasteiger partial charge in [0.25, 0.3) is 0 Å². The summed E-state index contributed by atoms with van der Waals surface area (Å²) in [5.41, 5.74) is 9.57. The maximum atomic E-state index is 12.8. The molecule has 3 atom stereocenters. The van der Waals surface area contributed by atoms with Gasteiger partial charge in [0.15, 0.2) is 0 Å². The largest absolute Gasteiger partial charge is 0.480 e. The van der Waals surface area contributed by atoms with E-state index in [-0.39, 0.29) is 55.8 Å². The van der Waals surface area contributed by atoms with Gasteiger partial charge in [-0.25, -0.2) is 14.4 Å². The molecule has 2 saturated heterocycles. The van der Waals surface area contributed by atoms with E-state index in [0.717, 1.165) is 87.0 Å². The molecule has 22 heteroatoms. The first-order chi connectivity index (χ1) is 43.6. The van der Waals surface area contributed by atoms with E-state index in [9.17, 15) is 38.4 Å². The highest BCUT2D eigenvalue weighted by atomic mass is 16.5. The molecule has 0 bridgehead atoms. The average Bonchev–Trinajstić information content (AvgIpc) is 1.74. The van der Waals surface area contributed by atoms with Gasteiger partial charge in [0.2, 0.25) is 30.5 Å². The molecule has 11 N–H and O–H groups in total. The molecule has 5 heterocycles. The number of hydrogen-bond acceptors (Lipinski definition) is 13. The first-order valence-corrected chi connectivity index (χ1v) is 30.2. The van der Waals surface area contributed by atoms with Crippen LogP contribution >= 0.6 is 0 Å². The number of nitrogens with one attached hydrogen (secondary N) is 8. The van der Waals surface area contributed by atoms with Crippen molar-refractivity contribution in [3.05, 3.63) is 180 Å². The van der Waals surface area contributed by atoms with Crippen LogP contribution < -0.4 is 32.3 Å². The molecule has 2 fully saturated rings. The van der Waals surface area contributed by atoms with Crippen LogP contribution in [0.1, 0.15) is 125 Å². The number of nitrogens with two attached hydrogens (primary N) is 1. The summed E-state index contributed by atoms with van der Waals surface area (Å²) in [4.78, 5) is 105. The molecule has 0 spiro atoms. The van der Waals surface area contributed by atoms with Gasteiger partial charge in [-0.05, 0) is 120 Å². The average molecular weight is 1310 g/mol. The monoisotopic (exact) mass is 1310 g/mol. The fraction of sp³-hybridized carbons (Fsp3) is 0.397. The number of aromatic nitrogens is 3. The molecule has 10 rings (SSSR count). The second kappa shape index (κ2) is 40.5. The van der Waals surface area contributed by atoms with E-state index in [1.807, 2.05) is 146 Å². The third-order valence-corrected chi connectivity index (χ3v) is 14.8. The van der Waals surface area contributed by atoms with Gasteiger partial charge in [-0.15, -0.1) is 0 Å². The third-order valence-electron chi connectivity index (χ3n) is 14.8. The Morgan fingerprint density at radius 2 is 0.779 bits per heavy atom. The molecule has 0 unspecified atom stereocenters. The minimum Gasteiger partial charge on any atom is -0.480 e. The van der Waals surface area contributed by atoms with Crippen LogP contribution in [0.5, 0.6) is 0 Å². The minimum absolute atomic E-state index is 0. The number of hydrogen-bond donors (Lipinski definition) is 10. The van der Waals surface area contributed by atoms with Crippen molar-refractivity contribution >= 4 is 81.2 Å². The molecule has 0 aliphatic carbocycles. The number of rotatable bonds is 23. The molecular weight excluding hydrogens is 1210 g/mol. The van der Waals surface area contributed by atoms with Crippen molar-refractivity contribution in [2.45, 2.75) is 164 Å². The maximum absolute atomic E-state index is 12.8. The van der Waals surface area contributed by atoms with Crippen molar-refractivity contribution in [3.8, 4) is 0 Å². The predicted octanol–water partition coefficient (Wildman–Crippen LogP) is 10.1. The topological polar surface area (TPSA) is 327 Å². The Morgan fingerprint density at radius 3 is 1.09 bits per heavy atom. The van der Waals surface area contributed by atoms with Gasteiger partial charge < -0.3 is 71.3 Å². The number of carbonyl (C=O) groups is 8. The lowest BCUT2D eigenvalue weighted by Crippen LogP contribution is -2.56. The summed E-state index contributed by atoms with van der Waals surface area (Å²) in [6.45, 7) is 13.4. The standard InChI is InChI=1S/C23H25N3O4.C22H25N3O3.C16H19N3O4.2C4H8O.4CH4/c1-23(2,22(29)30-14-16-8-4-3-5-9-16)26-21(28)20(25-15-27)12-17-13-24-19-11-7-6-10-18(17)19;1-22(2,21(27)28-14-15-8-4-3-5-9-15)25-20(26)18(23)12-16-13-24-19-11-7-6-10-17(16)19;1-16(2,15(22)23)19-14(21)13(18-9-20)7-10-8-17-12-6-4-3-5-11(10)12;2*1-2-4-5-3-1;;;;/h3-11,13,15,20,24H,12,14H2,1-2H3,(H,25,27)(H,26,28);3-11,13,18,24H,12,14,23H2,1-2H3,(H,25,26);3-6,8-9,13,17H,7H2,1-2H3,(H,18,20)(H,19,21)(H,22,23);2*1-4H2;4*1H4/t20-;18-;13-;;;;;;/m111....../s1. The minimum atomic E-state index is -1.42. The summed E-state index contributed by atoms with van der Waals surface area (Å²) < 4.78 is 20.6. The van der Waals surface area contributed by atoms with E-state index in [1.54, 1.807) is 33.9 Å². The Bertz CT molecular complexity index is 3600. The number of amides is 5. The maximum Gasteiger partial charge on any atom is 0.331 e. The molecule has 5 aromatic carbocycles. The molecular formula is C73H101N9O13. The quantitative estimate of drug-likeness (QED) is 0.0210. The highest BCUT2D eigenvalue weighted by molar-refractivity contribution is 5.94. The molecule has 0 radical (unpaired) electrons. The molecule has 95 heavy (non-hydrogen) atoms. The van der Waals surface area contributed by atoms with Crippen LogP contribution in [0.4, 0.5) is 0 Å². The van der Waals surface area contributed by atoms with Crippen molar-refractivity contribution < 1.29 is 62.4 Å². The van der Waals surface area contributed by atoms with E-state index in [2.05, 4.69) is 41.5 Å². The summed E-state index contributed by atoms with van der Waals surface area (Å²) in [5, 5.41) is 24.9. The number of carboxylic acid groups (broad SMARTS) is 1. The van der Waals surface area contributed by atoms with Gasteiger partial charge in [0.1, 0.15) is 41.9 Å². The molecule has 516 valence electrons. The normalized spacial score (nSPS) is 13.1. The van der Waals surface area contributed by atoms with Gasteiger partial charge in [0, 0.05) is 90.6 Å². The van der Waals surface area contributed by atoms with Crippen LogP contribution in [-0.2, 0) is 89.8 Å². The van der Waals surface area contributed by atoms with E-state index < -0.39 is 70.4 Å². The number of ether oxygens (including phenoxy) is 4. The Kier molecular flexibility index (Phi) is 34.7. The third kappa shape index (κ3) is 25.7. The molecule has 2 aliphatic heterocycles. The molecule has 5 amide bonds. The molecule has 22 nitrogen and oxygen atoms in total. The van der Waals surface area contributed by atoms with E-state index in [1.165, 1.54) is 39.5 Å². The van der Waals surface area contributed by atoms with Crippen molar-refractivity contribution in [3.63, 3.8) is 0 Å². The fourth-order valence-electron chi connectivity index (χ4n) is 9.46. The molecule has 0 saturated carbocycles. The summed E-state index contributed by atoms with van der Waals surface area (Å²) in [5.74, 6) is -3.63. The Labute approximate surface area is 558 Å². The molecule has 3 aromatic heterocycles. The number of benzene rings is 5. The highest BCUT2D eigenvalue weighted by Crippen LogP contribution is 2.23. The lowest BCUT2D eigenvalue weighted by atomic mass is 10.0. The van der Waals surface area contributed by atoms with Crippen LogP contribution in [0.2, 0.25) is 0 Å². The first kappa shape index (κ1) is 81.5. The van der Waals surface area contributed by atoms with Crippen molar-refractivity contribution in [2.75, 3.05) is 26.4 Å². The van der Waals surface area contributed by atoms with Gasteiger partial charge in [-0.2, -0.15) is 0 Å². The number of carboxylic acids is 1. The van der Waals surface area contributed by atoms with E-state index in [0.29, 0.717) is 19.2 Å².